The van der Waals surface area contributed by atoms with Crippen LogP contribution in [0.4, 0.5) is 5.69 Å². The molecule has 0 aliphatic carbocycles. The van der Waals surface area contributed by atoms with E-state index in [9.17, 15) is 0 Å². The van der Waals surface area contributed by atoms with Gasteiger partial charge in [0.15, 0.2) is 0 Å². The molecule has 0 spiro atoms. The fourth-order valence-electron chi connectivity index (χ4n) is 2.05. The smallest absolute Gasteiger partial charge is 0.124 e. The molecule has 0 radical (unpaired) electrons. The van der Waals surface area contributed by atoms with Gasteiger partial charge in [0, 0.05) is 28.5 Å². The van der Waals surface area contributed by atoms with Gasteiger partial charge in [0.1, 0.15) is 5.84 Å². The molecule has 0 bridgehead atoms. The van der Waals surface area contributed by atoms with Crippen molar-refractivity contribution in [2.75, 3.05) is 11.4 Å². The summed E-state index contributed by atoms with van der Waals surface area (Å²) in [6.45, 7) is 3.59. The van der Waals surface area contributed by atoms with E-state index < -0.39 is 0 Å². The Bertz CT molecular complexity index is 598. The van der Waals surface area contributed by atoms with Crippen molar-refractivity contribution in [3.8, 4) is 0 Å². The topological polar surface area (TPSA) is 66.0 Å². The van der Waals surface area contributed by atoms with Crippen LogP contribution >= 0.6 is 15.9 Å². The summed E-state index contributed by atoms with van der Waals surface area (Å²) in [5, 5.41) is 7.74. The van der Waals surface area contributed by atoms with Crippen LogP contribution in [0.25, 0.3) is 0 Å². The molecule has 0 unspecified atom stereocenters. The van der Waals surface area contributed by atoms with E-state index in [1.807, 2.05) is 36.4 Å². The number of anilines is 1. The lowest BCUT2D eigenvalue weighted by molar-refractivity contribution is 0.808. The highest BCUT2D eigenvalue weighted by molar-refractivity contribution is 9.10. The fraction of sp³-hybridized carbons (Fsp3) is 0.200. The zero-order chi connectivity index (χ0) is 14.5. The fourth-order valence-corrected chi connectivity index (χ4v) is 2.42. The van der Waals surface area contributed by atoms with Gasteiger partial charge in [-0.15, -0.1) is 0 Å². The van der Waals surface area contributed by atoms with E-state index in [2.05, 4.69) is 32.7 Å². The van der Waals surface area contributed by atoms with Crippen molar-refractivity contribution < 1.29 is 0 Å². The van der Waals surface area contributed by atoms with Gasteiger partial charge in [-0.2, -0.15) is 0 Å². The average Bonchev–Trinajstić information content (AvgIpc) is 2.46. The lowest BCUT2D eigenvalue weighted by atomic mass is 10.1. The number of nitrogens with zero attached hydrogens (tertiary/aromatic N) is 2. The molecule has 4 nitrogen and oxygen atoms in total. The first-order valence-corrected chi connectivity index (χ1v) is 7.20. The minimum absolute atomic E-state index is 0.0702. The lowest BCUT2D eigenvalue weighted by Gasteiger charge is -2.25. The molecule has 20 heavy (non-hydrogen) atoms. The molecule has 1 heterocycles. The molecule has 0 atom stereocenters. The number of hydrogen-bond acceptors (Lipinski definition) is 3. The monoisotopic (exact) mass is 332 g/mol. The number of halogens is 1. The molecule has 2 aromatic rings. The van der Waals surface area contributed by atoms with Crippen molar-refractivity contribution in [3.05, 3.63) is 58.3 Å². The molecule has 1 aromatic carbocycles. The normalized spacial score (nSPS) is 10.3. The third kappa shape index (κ3) is 3.36. The van der Waals surface area contributed by atoms with E-state index in [0.29, 0.717) is 6.54 Å². The van der Waals surface area contributed by atoms with Crippen LogP contribution in [0, 0.1) is 5.41 Å². The second-order valence-electron chi connectivity index (χ2n) is 4.41. The Morgan fingerprint density at radius 2 is 2.15 bits per heavy atom. The zero-order valence-electron chi connectivity index (χ0n) is 11.3. The van der Waals surface area contributed by atoms with Gasteiger partial charge in [-0.05, 0) is 37.3 Å². The first-order valence-electron chi connectivity index (χ1n) is 6.40. The summed E-state index contributed by atoms with van der Waals surface area (Å²) in [4.78, 5) is 6.51. The van der Waals surface area contributed by atoms with Crippen LogP contribution in [0.5, 0.6) is 0 Å². The Morgan fingerprint density at radius 3 is 2.75 bits per heavy atom. The molecule has 3 N–H and O–H groups in total. The highest BCUT2D eigenvalue weighted by Gasteiger charge is 2.13. The highest BCUT2D eigenvalue weighted by Crippen LogP contribution is 2.25. The average molecular weight is 333 g/mol. The Kier molecular flexibility index (Phi) is 4.74. The van der Waals surface area contributed by atoms with Gasteiger partial charge in [-0.25, -0.2) is 0 Å². The summed E-state index contributed by atoms with van der Waals surface area (Å²) in [7, 11) is 0. The SMILES string of the molecule is CCN(Cc1ccccn1)c1ccc(Br)cc1C(=N)N. The van der Waals surface area contributed by atoms with Crippen LogP contribution < -0.4 is 10.6 Å². The van der Waals surface area contributed by atoms with Crippen molar-refractivity contribution in [2.24, 2.45) is 5.73 Å². The molecule has 1 aromatic heterocycles. The number of rotatable bonds is 5. The minimum Gasteiger partial charge on any atom is -0.384 e. The van der Waals surface area contributed by atoms with Gasteiger partial charge in [0.2, 0.25) is 0 Å². The molecule has 0 saturated carbocycles. The summed E-state index contributed by atoms with van der Waals surface area (Å²) in [6.07, 6.45) is 1.79. The predicted molar refractivity (Wildman–Crippen MR) is 86.1 cm³/mol. The number of pyridine rings is 1. The molecule has 5 heteroatoms. The first kappa shape index (κ1) is 14.5. The van der Waals surface area contributed by atoms with E-state index >= 15 is 0 Å². The largest absolute Gasteiger partial charge is 0.384 e. The lowest BCUT2D eigenvalue weighted by Crippen LogP contribution is -2.26. The molecule has 0 aliphatic heterocycles. The number of nitrogens with one attached hydrogen (secondary N) is 1. The Hall–Kier alpha value is -1.88. The molecule has 0 saturated heterocycles. The van der Waals surface area contributed by atoms with Gasteiger partial charge in [0.05, 0.1) is 12.2 Å². The molecular weight excluding hydrogens is 316 g/mol. The van der Waals surface area contributed by atoms with Gasteiger partial charge in [-0.1, -0.05) is 22.0 Å². The number of benzene rings is 1. The van der Waals surface area contributed by atoms with E-state index in [-0.39, 0.29) is 5.84 Å². The van der Waals surface area contributed by atoms with E-state index in [1.54, 1.807) is 6.20 Å². The number of amidine groups is 1. The van der Waals surface area contributed by atoms with E-state index in [0.717, 1.165) is 28.0 Å². The Morgan fingerprint density at radius 1 is 1.35 bits per heavy atom. The third-order valence-corrected chi connectivity index (χ3v) is 3.54. The summed E-state index contributed by atoms with van der Waals surface area (Å²) >= 11 is 3.42. The van der Waals surface area contributed by atoms with Crippen LogP contribution in [-0.2, 0) is 6.54 Å². The molecule has 0 fully saturated rings. The summed E-state index contributed by atoms with van der Waals surface area (Å²) < 4.78 is 0.917. The van der Waals surface area contributed by atoms with Gasteiger partial charge in [-0.3, -0.25) is 10.4 Å². The van der Waals surface area contributed by atoms with Crippen LogP contribution in [-0.4, -0.2) is 17.4 Å². The second-order valence-corrected chi connectivity index (χ2v) is 5.33. The van der Waals surface area contributed by atoms with Crippen molar-refractivity contribution in [3.63, 3.8) is 0 Å². The van der Waals surface area contributed by atoms with Gasteiger partial charge < -0.3 is 10.6 Å². The van der Waals surface area contributed by atoms with Crippen molar-refractivity contribution in [1.82, 2.24) is 4.98 Å². The molecule has 0 amide bonds. The Labute approximate surface area is 127 Å². The Balaban J connectivity index is 2.34. The van der Waals surface area contributed by atoms with Crippen LogP contribution in [0.15, 0.2) is 47.1 Å². The maximum absolute atomic E-state index is 7.74. The predicted octanol–water partition coefficient (Wildman–Crippen LogP) is 3.15. The van der Waals surface area contributed by atoms with Crippen LogP contribution in [0.3, 0.4) is 0 Å². The van der Waals surface area contributed by atoms with Gasteiger partial charge >= 0.3 is 0 Å². The first-order chi connectivity index (χ1) is 9.61. The number of nitrogen functional groups attached to an aromatic ring is 1. The maximum atomic E-state index is 7.74. The highest BCUT2D eigenvalue weighted by atomic mass is 79.9. The molecule has 2 rings (SSSR count). The number of hydrogen-bond donors (Lipinski definition) is 2. The number of nitrogens with two attached hydrogens (primary N) is 1. The van der Waals surface area contributed by atoms with Crippen molar-refractivity contribution in [2.45, 2.75) is 13.5 Å². The maximum Gasteiger partial charge on any atom is 0.124 e. The third-order valence-electron chi connectivity index (χ3n) is 3.05. The van der Waals surface area contributed by atoms with Crippen molar-refractivity contribution in [1.29, 1.82) is 5.41 Å². The number of aromatic nitrogens is 1. The van der Waals surface area contributed by atoms with Gasteiger partial charge in [0.25, 0.3) is 0 Å². The standard InChI is InChI=1S/C15H17BrN4/c1-2-20(10-12-5-3-4-8-19-12)14-7-6-11(16)9-13(14)15(17)18/h3-9H,2,10H2,1H3,(H3,17,18). The molecule has 0 aliphatic rings. The van der Waals surface area contributed by atoms with Crippen LogP contribution in [0.1, 0.15) is 18.2 Å². The summed E-state index contributed by atoms with van der Waals surface area (Å²) in [5.74, 6) is 0.0702. The van der Waals surface area contributed by atoms with E-state index in [4.69, 9.17) is 11.1 Å². The zero-order valence-corrected chi connectivity index (χ0v) is 12.9. The molecular formula is C15H17BrN4. The summed E-state index contributed by atoms with van der Waals surface area (Å²) in [5.41, 5.74) is 8.37. The summed E-state index contributed by atoms with van der Waals surface area (Å²) in [6, 6.07) is 11.7. The molecule has 104 valence electrons. The van der Waals surface area contributed by atoms with E-state index in [1.165, 1.54) is 0 Å². The van der Waals surface area contributed by atoms with Crippen molar-refractivity contribution >= 4 is 27.5 Å². The second kappa shape index (κ2) is 6.52. The van der Waals surface area contributed by atoms with Crippen LogP contribution in [0.2, 0.25) is 0 Å². The minimum atomic E-state index is 0.0702. The quantitative estimate of drug-likeness (QED) is 0.652.